The monoisotopic (exact) mass is 326 g/mol. The fraction of sp³-hybridized carbons (Fsp3) is 0.125. The number of nitrogens with zero attached hydrogens (tertiary/aromatic N) is 2. The Morgan fingerprint density at radius 3 is 2.50 bits per heavy atom. The average molecular weight is 326 g/mol. The molecule has 2 aliphatic rings. The van der Waals surface area contributed by atoms with Crippen LogP contribution < -0.4 is 14.4 Å². The summed E-state index contributed by atoms with van der Waals surface area (Å²) >= 11 is 0. The van der Waals surface area contributed by atoms with Gasteiger partial charge in [-0.2, -0.15) is 0 Å². The number of amides is 2. The number of nitro benzene ring substituents is 1. The van der Waals surface area contributed by atoms with Crippen LogP contribution in [0.5, 0.6) is 11.5 Å². The van der Waals surface area contributed by atoms with Crippen LogP contribution in [0.1, 0.15) is 20.7 Å². The topological polar surface area (TPSA) is 99.0 Å². The molecule has 0 aromatic heterocycles. The van der Waals surface area contributed by atoms with E-state index in [1.54, 1.807) is 12.1 Å². The standard InChI is InChI=1S/C16H10N2O6/c19-15-10-2-1-3-11(18(21)22)14(10)16(20)17(15)9-4-5-12-13(8-9)24-7-6-23-12/h1-5,8H,6-7H2. The molecule has 2 aromatic rings. The maximum absolute atomic E-state index is 12.6. The Labute approximate surface area is 135 Å². The minimum atomic E-state index is -0.723. The second-order valence-corrected chi connectivity index (χ2v) is 5.23. The van der Waals surface area contributed by atoms with Crippen molar-refractivity contribution in [1.29, 1.82) is 0 Å². The number of hydrogen-bond acceptors (Lipinski definition) is 6. The van der Waals surface area contributed by atoms with Crippen LogP contribution in [0.15, 0.2) is 36.4 Å². The molecule has 2 amide bonds. The van der Waals surface area contributed by atoms with Gasteiger partial charge in [0.2, 0.25) is 0 Å². The van der Waals surface area contributed by atoms with Gasteiger partial charge in [-0.25, -0.2) is 4.90 Å². The highest BCUT2D eigenvalue weighted by Crippen LogP contribution is 2.38. The molecule has 0 spiro atoms. The van der Waals surface area contributed by atoms with E-state index in [0.29, 0.717) is 24.7 Å². The third-order valence-corrected chi connectivity index (χ3v) is 3.87. The van der Waals surface area contributed by atoms with Crippen LogP contribution in [0.4, 0.5) is 11.4 Å². The van der Waals surface area contributed by atoms with E-state index < -0.39 is 16.7 Å². The predicted octanol–water partition coefficient (Wildman–Crippen LogP) is 2.17. The zero-order chi connectivity index (χ0) is 16.8. The second kappa shape index (κ2) is 5.05. The summed E-state index contributed by atoms with van der Waals surface area (Å²) in [4.78, 5) is 36.6. The molecule has 0 N–H and O–H groups in total. The fourth-order valence-corrected chi connectivity index (χ4v) is 2.83. The Morgan fingerprint density at radius 2 is 1.75 bits per heavy atom. The van der Waals surface area contributed by atoms with E-state index in [1.165, 1.54) is 24.3 Å². The fourth-order valence-electron chi connectivity index (χ4n) is 2.83. The molecule has 2 heterocycles. The molecule has 0 unspecified atom stereocenters. The number of ether oxygens (including phenoxy) is 2. The lowest BCUT2D eigenvalue weighted by molar-refractivity contribution is -0.385. The third-order valence-electron chi connectivity index (χ3n) is 3.87. The number of nitro groups is 1. The van der Waals surface area contributed by atoms with Gasteiger partial charge in [0, 0.05) is 12.1 Å². The van der Waals surface area contributed by atoms with Gasteiger partial charge in [0.05, 0.1) is 16.2 Å². The van der Waals surface area contributed by atoms with Crippen molar-refractivity contribution in [2.24, 2.45) is 0 Å². The first-order valence-corrected chi connectivity index (χ1v) is 7.14. The van der Waals surface area contributed by atoms with Crippen molar-refractivity contribution in [1.82, 2.24) is 0 Å². The Morgan fingerprint density at radius 1 is 1.00 bits per heavy atom. The number of fused-ring (bicyclic) bond motifs is 2. The first-order valence-electron chi connectivity index (χ1n) is 7.14. The number of imide groups is 1. The van der Waals surface area contributed by atoms with Gasteiger partial charge < -0.3 is 9.47 Å². The number of carbonyl (C=O) groups is 2. The first kappa shape index (κ1) is 14.2. The first-order chi connectivity index (χ1) is 11.6. The summed E-state index contributed by atoms with van der Waals surface area (Å²) in [5.74, 6) is -0.383. The molecule has 24 heavy (non-hydrogen) atoms. The van der Waals surface area contributed by atoms with Crippen molar-refractivity contribution in [2.75, 3.05) is 18.1 Å². The Balaban J connectivity index is 1.81. The lowest BCUT2D eigenvalue weighted by atomic mass is 10.1. The highest BCUT2D eigenvalue weighted by Gasteiger charge is 2.42. The summed E-state index contributed by atoms with van der Waals surface area (Å²) in [5, 5.41) is 11.1. The number of anilines is 1. The average Bonchev–Trinajstić information content (AvgIpc) is 2.85. The van der Waals surface area contributed by atoms with Crippen LogP contribution in [0.2, 0.25) is 0 Å². The van der Waals surface area contributed by atoms with Gasteiger partial charge in [-0.15, -0.1) is 0 Å². The molecule has 4 rings (SSSR count). The van der Waals surface area contributed by atoms with Crippen LogP contribution in [0, 0.1) is 10.1 Å². The van der Waals surface area contributed by atoms with Gasteiger partial charge in [0.1, 0.15) is 18.8 Å². The van der Waals surface area contributed by atoms with Crippen molar-refractivity contribution in [3.63, 3.8) is 0 Å². The van der Waals surface area contributed by atoms with Gasteiger partial charge in [0.15, 0.2) is 11.5 Å². The number of carbonyl (C=O) groups excluding carboxylic acids is 2. The molecule has 2 aromatic carbocycles. The highest BCUT2D eigenvalue weighted by atomic mass is 16.6. The maximum Gasteiger partial charge on any atom is 0.283 e. The van der Waals surface area contributed by atoms with Crippen LogP contribution in [-0.2, 0) is 0 Å². The van der Waals surface area contributed by atoms with Crippen LogP contribution in [-0.4, -0.2) is 30.0 Å². The van der Waals surface area contributed by atoms with E-state index in [4.69, 9.17) is 9.47 Å². The molecule has 0 fully saturated rings. The van der Waals surface area contributed by atoms with Crippen molar-refractivity contribution in [3.05, 3.63) is 57.6 Å². The van der Waals surface area contributed by atoms with E-state index >= 15 is 0 Å². The summed E-state index contributed by atoms with van der Waals surface area (Å²) in [7, 11) is 0. The van der Waals surface area contributed by atoms with Crippen LogP contribution in [0.25, 0.3) is 0 Å². The van der Waals surface area contributed by atoms with E-state index in [9.17, 15) is 19.7 Å². The minimum Gasteiger partial charge on any atom is -0.486 e. The Hall–Kier alpha value is -3.42. The number of rotatable bonds is 2. The van der Waals surface area contributed by atoms with Gasteiger partial charge in [-0.1, -0.05) is 6.07 Å². The number of benzene rings is 2. The van der Waals surface area contributed by atoms with Crippen LogP contribution >= 0.6 is 0 Å². The quantitative estimate of drug-likeness (QED) is 0.476. The summed E-state index contributed by atoms with van der Waals surface area (Å²) in [5.41, 5.74) is -0.280. The van der Waals surface area contributed by atoms with Gasteiger partial charge in [-0.3, -0.25) is 19.7 Å². The SMILES string of the molecule is O=C1c2cccc([N+](=O)[O-])c2C(=O)N1c1ccc2c(c1)OCCO2. The molecule has 0 saturated heterocycles. The summed E-state index contributed by atoms with van der Waals surface area (Å²) in [6.45, 7) is 0.787. The van der Waals surface area contributed by atoms with Gasteiger partial charge >= 0.3 is 0 Å². The van der Waals surface area contributed by atoms with Gasteiger partial charge in [0.25, 0.3) is 17.5 Å². The highest BCUT2D eigenvalue weighted by molar-refractivity contribution is 6.35. The third kappa shape index (κ3) is 1.93. The molecule has 0 radical (unpaired) electrons. The molecule has 0 atom stereocenters. The maximum atomic E-state index is 12.6. The summed E-state index contributed by atoms with van der Waals surface area (Å²) in [6, 6.07) is 8.65. The van der Waals surface area contributed by atoms with E-state index in [1.807, 2.05) is 0 Å². The number of hydrogen-bond donors (Lipinski definition) is 0. The molecule has 0 saturated carbocycles. The van der Waals surface area contributed by atoms with Crippen molar-refractivity contribution in [3.8, 4) is 11.5 Å². The largest absolute Gasteiger partial charge is 0.486 e. The minimum absolute atomic E-state index is 0.0177. The lowest BCUT2D eigenvalue weighted by Crippen LogP contribution is -2.29. The molecule has 120 valence electrons. The molecular weight excluding hydrogens is 316 g/mol. The zero-order valence-electron chi connectivity index (χ0n) is 12.2. The van der Waals surface area contributed by atoms with E-state index in [0.717, 1.165) is 4.90 Å². The lowest BCUT2D eigenvalue weighted by Gasteiger charge is -2.21. The van der Waals surface area contributed by atoms with Crippen LogP contribution in [0.3, 0.4) is 0 Å². The predicted molar refractivity (Wildman–Crippen MR) is 81.7 cm³/mol. The summed E-state index contributed by atoms with van der Waals surface area (Å²) < 4.78 is 10.9. The molecule has 2 aliphatic heterocycles. The zero-order valence-corrected chi connectivity index (χ0v) is 12.2. The van der Waals surface area contributed by atoms with Crippen molar-refractivity contribution < 1.29 is 24.0 Å². The van der Waals surface area contributed by atoms with E-state index in [-0.39, 0.29) is 22.5 Å². The molecule has 8 heteroatoms. The summed E-state index contributed by atoms with van der Waals surface area (Å²) in [6.07, 6.45) is 0. The smallest absolute Gasteiger partial charge is 0.283 e. The molecule has 0 aliphatic carbocycles. The molecule has 0 bridgehead atoms. The Kier molecular flexibility index (Phi) is 2.99. The van der Waals surface area contributed by atoms with Crippen molar-refractivity contribution >= 4 is 23.2 Å². The van der Waals surface area contributed by atoms with E-state index in [2.05, 4.69) is 0 Å². The molecular formula is C16H10N2O6. The second-order valence-electron chi connectivity index (χ2n) is 5.23. The Bertz CT molecular complexity index is 907. The van der Waals surface area contributed by atoms with Crippen molar-refractivity contribution in [2.45, 2.75) is 0 Å². The molecule has 8 nitrogen and oxygen atoms in total. The normalized spacial score (nSPS) is 15.4. The van der Waals surface area contributed by atoms with Gasteiger partial charge in [-0.05, 0) is 18.2 Å².